The van der Waals surface area contributed by atoms with Gasteiger partial charge in [-0.25, -0.2) is 8.42 Å². The molecule has 0 radical (unpaired) electrons. The van der Waals surface area contributed by atoms with Gasteiger partial charge in [-0.2, -0.15) is 4.31 Å². The molecule has 0 aliphatic heterocycles. The molecule has 0 aliphatic carbocycles. The van der Waals surface area contributed by atoms with Gasteiger partial charge in [0.2, 0.25) is 15.9 Å². The van der Waals surface area contributed by atoms with Crippen LogP contribution in [0.25, 0.3) is 0 Å². The first kappa shape index (κ1) is 23.9. The van der Waals surface area contributed by atoms with Crippen LogP contribution in [0.2, 0.25) is 20.1 Å². The van der Waals surface area contributed by atoms with E-state index in [1.807, 2.05) is 6.07 Å². The molecule has 0 bridgehead atoms. The summed E-state index contributed by atoms with van der Waals surface area (Å²) >= 11 is 23.9. The Bertz CT molecular complexity index is 1190. The molecule has 1 N–H and O–H groups in total. The number of amides is 1. The third-order valence-electron chi connectivity index (χ3n) is 4.26. The van der Waals surface area contributed by atoms with Crippen molar-refractivity contribution in [3.63, 3.8) is 0 Å². The lowest BCUT2D eigenvalue weighted by atomic mass is 10.2. The van der Waals surface area contributed by atoms with E-state index in [2.05, 4.69) is 5.32 Å². The predicted octanol–water partition coefficient (Wildman–Crippen LogP) is 6.13. The lowest BCUT2D eigenvalue weighted by Gasteiger charge is -2.22. The molecule has 5 nitrogen and oxygen atoms in total. The predicted molar refractivity (Wildman–Crippen MR) is 126 cm³/mol. The Hall–Kier alpha value is -1.80. The number of carbonyl (C=O) groups excluding carboxylic acids is 1. The number of benzene rings is 3. The molecule has 162 valence electrons. The van der Waals surface area contributed by atoms with Crippen LogP contribution in [0.3, 0.4) is 0 Å². The Morgan fingerprint density at radius 2 is 1.45 bits per heavy atom. The van der Waals surface area contributed by atoms with Crippen LogP contribution < -0.4 is 5.32 Å². The van der Waals surface area contributed by atoms with E-state index in [1.165, 1.54) is 36.4 Å². The molecule has 0 aliphatic rings. The first-order valence-electron chi connectivity index (χ1n) is 8.91. The van der Waals surface area contributed by atoms with Crippen molar-refractivity contribution in [1.82, 2.24) is 4.31 Å². The Kier molecular flexibility index (Phi) is 7.86. The van der Waals surface area contributed by atoms with Crippen molar-refractivity contribution in [2.45, 2.75) is 11.4 Å². The zero-order chi connectivity index (χ0) is 22.6. The molecule has 0 fully saturated rings. The fraction of sp³-hybridized carbons (Fsp3) is 0.0952. The molecule has 0 aromatic heterocycles. The Morgan fingerprint density at radius 3 is 2.10 bits per heavy atom. The van der Waals surface area contributed by atoms with Crippen molar-refractivity contribution >= 4 is 68.0 Å². The highest BCUT2D eigenvalue weighted by molar-refractivity contribution is 7.89. The molecule has 3 rings (SSSR count). The van der Waals surface area contributed by atoms with Gasteiger partial charge in [-0.15, -0.1) is 0 Å². The van der Waals surface area contributed by atoms with E-state index in [9.17, 15) is 13.2 Å². The molecule has 0 atom stereocenters. The smallest absolute Gasteiger partial charge is 0.243 e. The highest BCUT2D eigenvalue weighted by Gasteiger charge is 2.27. The number of nitrogens with one attached hydrogen (secondary N) is 1. The monoisotopic (exact) mass is 516 g/mol. The van der Waals surface area contributed by atoms with Crippen molar-refractivity contribution in [3.05, 3.63) is 92.4 Å². The number of halogens is 4. The van der Waals surface area contributed by atoms with Crippen LogP contribution in [0.4, 0.5) is 5.69 Å². The third kappa shape index (κ3) is 6.13. The summed E-state index contributed by atoms with van der Waals surface area (Å²) in [6.45, 7) is -0.454. The van der Waals surface area contributed by atoms with Gasteiger partial charge in [0, 0.05) is 11.6 Å². The maximum absolute atomic E-state index is 13.2. The summed E-state index contributed by atoms with van der Waals surface area (Å²) in [5.74, 6) is -0.589. The lowest BCUT2D eigenvalue weighted by Crippen LogP contribution is -2.37. The van der Waals surface area contributed by atoms with Crippen LogP contribution in [-0.2, 0) is 21.4 Å². The van der Waals surface area contributed by atoms with E-state index in [0.717, 1.165) is 9.87 Å². The second kappa shape index (κ2) is 10.2. The van der Waals surface area contributed by atoms with E-state index < -0.39 is 22.5 Å². The van der Waals surface area contributed by atoms with Gasteiger partial charge in [0.25, 0.3) is 0 Å². The average molecular weight is 518 g/mol. The fourth-order valence-corrected chi connectivity index (χ4v) is 4.84. The van der Waals surface area contributed by atoms with Crippen LogP contribution in [0.5, 0.6) is 0 Å². The number of carbonyl (C=O) groups is 1. The van der Waals surface area contributed by atoms with Crippen molar-refractivity contribution in [3.8, 4) is 0 Å². The summed E-state index contributed by atoms with van der Waals surface area (Å²) in [6.07, 6.45) is 0. The SMILES string of the molecule is O=C(CN(Cc1ccccc1)S(=O)(=O)c1ccc(Cl)cc1)Nc1cc(Cl)c(Cl)cc1Cl. The zero-order valence-corrected chi connectivity index (χ0v) is 19.7. The second-order valence-electron chi connectivity index (χ2n) is 6.51. The summed E-state index contributed by atoms with van der Waals surface area (Å²) in [7, 11) is -3.99. The van der Waals surface area contributed by atoms with E-state index in [4.69, 9.17) is 46.4 Å². The van der Waals surface area contributed by atoms with Gasteiger partial charge in [-0.3, -0.25) is 4.79 Å². The summed E-state index contributed by atoms with van der Waals surface area (Å²) in [5.41, 5.74) is 0.949. The third-order valence-corrected chi connectivity index (χ3v) is 7.35. The van der Waals surface area contributed by atoms with E-state index in [1.54, 1.807) is 24.3 Å². The molecule has 1 amide bonds. The number of hydrogen-bond acceptors (Lipinski definition) is 3. The second-order valence-corrected chi connectivity index (χ2v) is 10.1. The van der Waals surface area contributed by atoms with Gasteiger partial charge in [0.15, 0.2) is 0 Å². The molecule has 10 heteroatoms. The van der Waals surface area contributed by atoms with E-state index in [0.29, 0.717) is 5.02 Å². The highest BCUT2D eigenvalue weighted by Crippen LogP contribution is 2.32. The van der Waals surface area contributed by atoms with Crippen LogP contribution in [0, 0.1) is 0 Å². The summed E-state index contributed by atoms with van der Waals surface area (Å²) in [6, 6.07) is 17.5. The molecule has 3 aromatic rings. The van der Waals surface area contributed by atoms with Crippen LogP contribution in [-0.4, -0.2) is 25.2 Å². The molecular weight excluding hydrogens is 502 g/mol. The number of hydrogen-bond donors (Lipinski definition) is 1. The van der Waals surface area contributed by atoms with Gasteiger partial charge < -0.3 is 5.32 Å². The molecule has 0 spiro atoms. The summed E-state index contributed by atoms with van der Waals surface area (Å²) in [4.78, 5) is 12.7. The van der Waals surface area contributed by atoms with Gasteiger partial charge in [-0.05, 0) is 42.0 Å². The van der Waals surface area contributed by atoms with Gasteiger partial charge in [0.05, 0.1) is 32.2 Å². The zero-order valence-electron chi connectivity index (χ0n) is 15.9. The molecule has 0 unspecified atom stereocenters. The quantitative estimate of drug-likeness (QED) is 0.383. The summed E-state index contributed by atoms with van der Waals surface area (Å²) < 4.78 is 27.6. The maximum Gasteiger partial charge on any atom is 0.243 e. The standard InChI is InChI=1S/C21H16Cl4N2O3S/c22-15-6-8-16(9-7-15)31(29,30)27(12-14-4-2-1-3-5-14)13-21(28)26-20-11-18(24)17(23)10-19(20)25/h1-11H,12-13H2,(H,26,28). The topological polar surface area (TPSA) is 66.5 Å². The number of rotatable bonds is 7. The highest BCUT2D eigenvalue weighted by atomic mass is 35.5. The van der Waals surface area contributed by atoms with Crippen molar-refractivity contribution < 1.29 is 13.2 Å². The maximum atomic E-state index is 13.2. The minimum atomic E-state index is -3.99. The van der Waals surface area contributed by atoms with Crippen molar-refractivity contribution in [2.75, 3.05) is 11.9 Å². The average Bonchev–Trinajstić information content (AvgIpc) is 2.72. The minimum absolute atomic E-state index is 0.00563. The van der Waals surface area contributed by atoms with Crippen molar-refractivity contribution in [2.24, 2.45) is 0 Å². The van der Waals surface area contributed by atoms with Crippen molar-refractivity contribution in [1.29, 1.82) is 0 Å². The molecule has 31 heavy (non-hydrogen) atoms. The first-order valence-corrected chi connectivity index (χ1v) is 11.9. The van der Waals surface area contributed by atoms with E-state index in [-0.39, 0.29) is 32.2 Å². The van der Waals surface area contributed by atoms with E-state index >= 15 is 0 Å². The Morgan fingerprint density at radius 1 is 0.839 bits per heavy atom. The first-order chi connectivity index (χ1) is 14.7. The number of sulfonamides is 1. The minimum Gasteiger partial charge on any atom is -0.324 e. The van der Waals surface area contributed by atoms with Crippen LogP contribution in [0.15, 0.2) is 71.6 Å². The molecule has 3 aromatic carbocycles. The van der Waals surface area contributed by atoms with Crippen LogP contribution in [0.1, 0.15) is 5.56 Å². The van der Waals surface area contributed by atoms with Crippen LogP contribution >= 0.6 is 46.4 Å². The lowest BCUT2D eigenvalue weighted by molar-refractivity contribution is -0.116. The molecular formula is C21H16Cl4N2O3S. The molecule has 0 saturated heterocycles. The fourth-order valence-electron chi connectivity index (χ4n) is 2.74. The number of nitrogens with zero attached hydrogens (tertiary/aromatic N) is 1. The van der Waals surface area contributed by atoms with Gasteiger partial charge in [-0.1, -0.05) is 76.7 Å². The summed E-state index contributed by atoms with van der Waals surface area (Å²) in [5, 5.41) is 3.61. The van der Waals surface area contributed by atoms with Gasteiger partial charge >= 0.3 is 0 Å². The Labute approximate surface area is 200 Å². The normalized spacial score (nSPS) is 11.5. The molecule has 0 saturated carbocycles. The van der Waals surface area contributed by atoms with Gasteiger partial charge in [0.1, 0.15) is 0 Å². The Balaban J connectivity index is 1.88. The largest absolute Gasteiger partial charge is 0.324 e. The molecule has 0 heterocycles. The number of anilines is 1.